The number of nitrogens with zero attached hydrogens (tertiary/aromatic N) is 4. The van der Waals surface area contributed by atoms with E-state index in [0.717, 1.165) is 11.3 Å². The number of hydrogen-bond donors (Lipinski definition) is 1. The first-order valence-electron chi connectivity index (χ1n) is 10.6. The monoisotopic (exact) mass is 471 g/mol. The summed E-state index contributed by atoms with van der Waals surface area (Å²) < 4.78 is 17.2. The number of carbonyl (C=O) groups is 1. The van der Waals surface area contributed by atoms with Crippen molar-refractivity contribution in [3.05, 3.63) is 119 Å². The van der Waals surface area contributed by atoms with Gasteiger partial charge in [-0.3, -0.25) is 9.48 Å². The average Bonchev–Trinajstić information content (AvgIpc) is 3.46. The van der Waals surface area contributed by atoms with E-state index >= 15 is 0 Å². The minimum Gasteiger partial charge on any atom is -0.304 e. The second kappa shape index (κ2) is 9.33. The molecule has 6 nitrogen and oxygen atoms in total. The molecule has 0 aliphatic heterocycles. The molecular formula is C26H19ClFN5O. The van der Waals surface area contributed by atoms with Crippen LogP contribution < -0.4 is 5.32 Å². The Labute approximate surface area is 200 Å². The lowest BCUT2D eigenvalue weighted by Crippen LogP contribution is -2.13. The van der Waals surface area contributed by atoms with Gasteiger partial charge in [-0.05, 0) is 18.2 Å². The third-order valence-corrected chi connectivity index (χ3v) is 5.54. The molecule has 2 heterocycles. The Morgan fingerprint density at radius 1 is 0.882 bits per heavy atom. The van der Waals surface area contributed by atoms with E-state index in [4.69, 9.17) is 11.6 Å². The first-order valence-corrected chi connectivity index (χ1v) is 10.9. The molecule has 1 N–H and O–H groups in total. The van der Waals surface area contributed by atoms with Gasteiger partial charge in [-0.25, -0.2) is 9.07 Å². The number of rotatable bonds is 6. The zero-order valence-electron chi connectivity index (χ0n) is 17.9. The average molecular weight is 472 g/mol. The van der Waals surface area contributed by atoms with E-state index in [-0.39, 0.29) is 23.2 Å². The van der Waals surface area contributed by atoms with Gasteiger partial charge in [0.05, 0.1) is 17.8 Å². The van der Waals surface area contributed by atoms with Crippen LogP contribution in [0.15, 0.2) is 97.3 Å². The molecule has 0 bridgehead atoms. The number of halogens is 2. The number of aromatic nitrogens is 4. The first kappa shape index (κ1) is 21.6. The van der Waals surface area contributed by atoms with E-state index in [0.29, 0.717) is 16.8 Å². The Hall–Kier alpha value is -4.23. The van der Waals surface area contributed by atoms with Crippen molar-refractivity contribution < 1.29 is 9.18 Å². The van der Waals surface area contributed by atoms with Gasteiger partial charge in [0.1, 0.15) is 16.5 Å². The van der Waals surface area contributed by atoms with Gasteiger partial charge in [-0.1, -0.05) is 78.3 Å². The standard InChI is InChI=1S/C26H19ClFN5O/c27-22-17-32(15-19-11-7-8-14-23(19)28)31-25(22)29-26(34)21-16-33(20-12-5-2-6-13-20)30-24(21)18-9-3-1-4-10-18/h1-14,16-17H,15H2,(H,29,31,34). The van der Waals surface area contributed by atoms with Gasteiger partial charge >= 0.3 is 0 Å². The van der Waals surface area contributed by atoms with Crippen LogP contribution in [0, 0.1) is 5.82 Å². The maximum absolute atomic E-state index is 14.0. The molecule has 3 aromatic carbocycles. The highest BCUT2D eigenvalue weighted by Crippen LogP contribution is 2.26. The van der Waals surface area contributed by atoms with Crippen molar-refractivity contribution in [1.82, 2.24) is 19.6 Å². The summed E-state index contributed by atoms with van der Waals surface area (Å²) in [5, 5.41) is 12.0. The zero-order valence-corrected chi connectivity index (χ0v) is 18.7. The predicted molar refractivity (Wildman–Crippen MR) is 130 cm³/mol. The van der Waals surface area contributed by atoms with Crippen LogP contribution in [0.1, 0.15) is 15.9 Å². The molecule has 2 aromatic heterocycles. The van der Waals surface area contributed by atoms with Gasteiger partial charge in [-0.15, -0.1) is 0 Å². The Balaban J connectivity index is 1.45. The van der Waals surface area contributed by atoms with Gasteiger partial charge < -0.3 is 5.32 Å². The second-order valence-corrected chi connectivity index (χ2v) is 8.01. The van der Waals surface area contributed by atoms with Crippen LogP contribution in [-0.2, 0) is 6.54 Å². The number of hydrogen-bond acceptors (Lipinski definition) is 3. The smallest absolute Gasteiger partial charge is 0.260 e. The summed E-state index contributed by atoms with van der Waals surface area (Å²) >= 11 is 6.33. The molecule has 34 heavy (non-hydrogen) atoms. The van der Waals surface area contributed by atoms with E-state index < -0.39 is 5.91 Å². The number of anilines is 1. The molecule has 0 saturated carbocycles. The lowest BCUT2D eigenvalue weighted by molar-refractivity contribution is 0.102. The van der Waals surface area contributed by atoms with Crippen molar-refractivity contribution in [2.24, 2.45) is 0 Å². The maximum atomic E-state index is 14.0. The van der Waals surface area contributed by atoms with Crippen LogP contribution in [0.25, 0.3) is 16.9 Å². The van der Waals surface area contributed by atoms with Crippen molar-refractivity contribution in [2.45, 2.75) is 6.54 Å². The minimum atomic E-state index is -0.404. The van der Waals surface area contributed by atoms with Crippen molar-refractivity contribution >= 4 is 23.3 Å². The highest BCUT2D eigenvalue weighted by atomic mass is 35.5. The number of carbonyl (C=O) groups excluding carboxylic acids is 1. The summed E-state index contributed by atoms with van der Waals surface area (Å²) in [6.45, 7) is 0.184. The quantitative estimate of drug-likeness (QED) is 0.339. The molecule has 0 saturated heterocycles. The van der Waals surface area contributed by atoms with E-state index in [2.05, 4.69) is 15.5 Å². The molecule has 0 aliphatic carbocycles. The molecule has 0 aliphatic rings. The van der Waals surface area contributed by atoms with Crippen LogP contribution in [0.3, 0.4) is 0 Å². The fraction of sp³-hybridized carbons (Fsp3) is 0.0385. The van der Waals surface area contributed by atoms with Gasteiger partial charge in [0.15, 0.2) is 5.82 Å². The van der Waals surface area contributed by atoms with Gasteiger partial charge in [0, 0.05) is 23.5 Å². The largest absolute Gasteiger partial charge is 0.304 e. The summed E-state index contributed by atoms with van der Waals surface area (Å²) in [4.78, 5) is 13.3. The topological polar surface area (TPSA) is 64.7 Å². The molecule has 1 amide bonds. The van der Waals surface area contributed by atoms with Crippen LogP contribution in [0.4, 0.5) is 10.2 Å². The van der Waals surface area contributed by atoms with Crippen LogP contribution in [0.2, 0.25) is 5.02 Å². The molecule has 0 unspecified atom stereocenters. The van der Waals surface area contributed by atoms with E-state index in [1.54, 1.807) is 35.3 Å². The second-order valence-electron chi connectivity index (χ2n) is 7.61. The Kier molecular flexibility index (Phi) is 5.93. The van der Waals surface area contributed by atoms with Crippen molar-refractivity contribution in [2.75, 3.05) is 5.32 Å². The zero-order chi connectivity index (χ0) is 23.5. The Bertz CT molecular complexity index is 1450. The summed E-state index contributed by atoms with van der Waals surface area (Å²) in [6, 6.07) is 25.4. The van der Waals surface area contributed by atoms with Gasteiger partial charge in [0.2, 0.25) is 0 Å². The Morgan fingerprint density at radius 2 is 1.56 bits per heavy atom. The third kappa shape index (κ3) is 4.46. The van der Waals surface area contributed by atoms with Crippen molar-refractivity contribution in [1.29, 1.82) is 0 Å². The van der Waals surface area contributed by atoms with Crippen molar-refractivity contribution in [3.63, 3.8) is 0 Å². The lowest BCUT2D eigenvalue weighted by Gasteiger charge is -2.04. The molecule has 0 spiro atoms. The molecule has 0 atom stereocenters. The maximum Gasteiger partial charge on any atom is 0.260 e. The summed E-state index contributed by atoms with van der Waals surface area (Å²) in [7, 11) is 0. The van der Waals surface area contributed by atoms with Gasteiger partial charge in [-0.2, -0.15) is 10.2 Å². The van der Waals surface area contributed by atoms with Crippen LogP contribution in [0.5, 0.6) is 0 Å². The number of para-hydroxylation sites is 1. The molecule has 0 fully saturated rings. The van der Waals surface area contributed by atoms with Gasteiger partial charge in [0.25, 0.3) is 5.91 Å². The minimum absolute atomic E-state index is 0.184. The molecule has 0 radical (unpaired) electrons. The summed E-state index contributed by atoms with van der Waals surface area (Å²) in [5.74, 6) is -0.547. The summed E-state index contributed by atoms with van der Waals surface area (Å²) in [6.07, 6.45) is 3.23. The predicted octanol–water partition coefficient (Wildman–Crippen LogP) is 5.83. The molecular weight excluding hydrogens is 453 g/mol. The lowest BCUT2D eigenvalue weighted by atomic mass is 10.1. The fourth-order valence-corrected chi connectivity index (χ4v) is 3.80. The molecule has 8 heteroatoms. The molecule has 168 valence electrons. The van der Waals surface area contributed by atoms with E-state index in [1.807, 2.05) is 60.7 Å². The number of benzene rings is 3. The van der Waals surface area contributed by atoms with Crippen LogP contribution in [-0.4, -0.2) is 25.5 Å². The highest BCUT2D eigenvalue weighted by Gasteiger charge is 2.21. The van der Waals surface area contributed by atoms with Crippen molar-refractivity contribution in [3.8, 4) is 16.9 Å². The number of nitrogens with one attached hydrogen (secondary N) is 1. The van der Waals surface area contributed by atoms with E-state index in [9.17, 15) is 9.18 Å². The van der Waals surface area contributed by atoms with Crippen LogP contribution >= 0.6 is 11.6 Å². The fourth-order valence-electron chi connectivity index (χ4n) is 3.60. The summed E-state index contributed by atoms with van der Waals surface area (Å²) in [5.41, 5.74) is 3.00. The third-order valence-electron chi connectivity index (χ3n) is 5.27. The highest BCUT2D eigenvalue weighted by molar-refractivity contribution is 6.33. The normalized spacial score (nSPS) is 10.9. The first-order chi connectivity index (χ1) is 16.6. The Morgan fingerprint density at radius 3 is 2.29 bits per heavy atom. The molecule has 5 rings (SSSR count). The SMILES string of the molecule is O=C(Nc1nn(Cc2ccccc2F)cc1Cl)c1cn(-c2ccccc2)nc1-c1ccccc1. The van der Waals surface area contributed by atoms with E-state index in [1.165, 1.54) is 10.7 Å². The number of amides is 1. The molecule has 5 aromatic rings.